The molecule has 186 valence electrons. The molecule has 0 spiro atoms. The van der Waals surface area contributed by atoms with Gasteiger partial charge in [0.05, 0.1) is 18.2 Å². The Morgan fingerprint density at radius 2 is 1.82 bits per heavy atom. The van der Waals surface area contributed by atoms with E-state index in [1.807, 2.05) is 30.3 Å². The molecule has 1 amide bonds. The third kappa shape index (κ3) is 7.97. The van der Waals surface area contributed by atoms with Gasteiger partial charge in [-0.05, 0) is 60.3 Å². The van der Waals surface area contributed by atoms with Gasteiger partial charge in [-0.1, -0.05) is 51.1 Å². The summed E-state index contributed by atoms with van der Waals surface area (Å²) in [6, 6.07) is 12.9. The van der Waals surface area contributed by atoms with Crippen molar-refractivity contribution in [1.29, 1.82) is 0 Å². The number of benzene rings is 2. The van der Waals surface area contributed by atoms with E-state index in [2.05, 4.69) is 51.4 Å². The third-order valence-corrected chi connectivity index (χ3v) is 10.9. The molecule has 8 heteroatoms. The maximum atomic E-state index is 11.0. The number of carboxylic acid groups (broad SMARTS) is 1. The largest absolute Gasteiger partial charge is 0.506 e. The summed E-state index contributed by atoms with van der Waals surface area (Å²) < 4.78 is 6.74. The van der Waals surface area contributed by atoms with Crippen LogP contribution in [-0.4, -0.2) is 43.5 Å². The molecule has 2 rings (SSSR count). The summed E-state index contributed by atoms with van der Waals surface area (Å²) >= 11 is 0. The smallest absolute Gasteiger partial charge is 0.307 e. The second-order valence-corrected chi connectivity index (χ2v) is 15.1. The van der Waals surface area contributed by atoms with E-state index in [-0.39, 0.29) is 29.4 Å². The molecule has 0 heterocycles. The van der Waals surface area contributed by atoms with Crippen LogP contribution in [0.1, 0.15) is 50.5 Å². The molecule has 2 aromatic rings. The Kier molecular flexibility index (Phi) is 9.43. The molecule has 0 unspecified atom stereocenters. The van der Waals surface area contributed by atoms with Crippen molar-refractivity contribution in [2.24, 2.45) is 0 Å². The minimum absolute atomic E-state index is 0.00416. The summed E-state index contributed by atoms with van der Waals surface area (Å²) in [5.41, 5.74) is 3.08. The number of phenolic OH excluding ortho intramolecular Hbond substituents is 1. The van der Waals surface area contributed by atoms with Gasteiger partial charge in [-0.3, -0.25) is 9.59 Å². The number of carboxylic acids is 1. The highest BCUT2D eigenvalue weighted by atomic mass is 28.4. The van der Waals surface area contributed by atoms with Crippen molar-refractivity contribution in [1.82, 2.24) is 5.32 Å². The van der Waals surface area contributed by atoms with Crippen LogP contribution in [0.5, 0.6) is 5.75 Å². The van der Waals surface area contributed by atoms with E-state index < -0.39 is 14.3 Å². The fourth-order valence-corrected chi connectivity index (χ4v) is 4.75. The molecule has 2 atom stereocenters. The van der Waals surface area contributed by atoms with Gasteiger partial charge >= 0.3 is 5.97 Å². The van der Waals surface area contributed by atoms with E-state index in [0.717, 1.165) is 23.1 Å². The molecule has 0 fully saturated rings. The molecule has 0 saturated carbocycles. The maximum Gasteiger partial charge on any atom is 0.307 e. The van der Waals surface area contributed by atoms with E-state index in [0.29, 0.717) is 18.6 Å². The summed E-state index contributed by atoms with van der Waals surface area (Å²) in [7, 11) is -2.12. The predicted molar refractivity (Wildman–Crippen MR) is 138 cm³/mol. The number of aliphatic carboxylic acids is 1. The van der Waals surface area contributed by atoms with Gasteiger partial charge < -0.3 is 25.3 Å². The second kappa shape index (κ2) is 11.6. The first-order valence-electron chi connectivity index (χ1n) is 11.6. The van der Waals surface area contributed by atoms with Crippen LogP contribution < -0.4 is 10.6 Å². The molecule has 0 aliphatic heterocycles. The summed E-state index contributed by atoms with van der Waals surface area (Å²) in [5.74, 6) is -0.837. The quantitative estimate of drug-likeness (QED) is 0.194. The Labute approximate surface area is 203 Å². The number of anilines is 1. The summed E-state index contributed by atoms with van der Waals surface area (Å²) in [6.07, 6.45) is 1.03. The van der Waals surface area contributed by atoms with Crippen LogP contribution >= 0.6 is 0 Å². The molecule has 0 bridgehead atoms. The minimum atomic E-state index is -2.12. The van der Waals surface area contributed by atoms with Gasteiger partial charge in [-0.2, -0.15) is 0 Å². The number of amides is 1. The lowest BCUT2D eigenvalue weighted by Crippen LogP contribution is -2.44. The molecule has 4 N–H and O–H groups in total. The molecule has 0 aromatic heterocycles. The predicted octanol–water partition coefficient (Wildman–Crippen LogP) is 4.87. The van der Waals surface area contributed by atoms with Crippen LogP contribution in [0.2, 0.25) is 18.1 Å². The van der Waals surface area contributed by atoms with Gasteiger partial charge in [0, 0.05) is 12.6 Å². The van der Waals surface area contributed by atoms with E-state index in [9.17, 15) is 14.7 Å². The highest BCUT2D eigenvalue weighted by molar-refractivity contribution is 6.74. The van der Waals surface area contributed by atoms with Crippen LogP contribution in [0.15, 0.2) is 42.5 Å². The number of aromatic hydroxyl groups is 1. The molecule has 0 saturated heterocycles. The van der Waals surface area contributed by atoms with Crippen LogP contribution in [0.4, 0.5) is 5.69 Å². The van der Waals surface area contributed by atoms with Gasteiger partial charge in [0.2, 0.25) is 6.41 Å². The van der Waals surface area contributed by atoms with E-state index >= 15 is 0 Å². The number of carbonyl (C=O) groups is 2. The maximum absolute atomic E-state index is 11.0. The number of nitrogens with one attached hydrogen (secondary N) is 2. The fourth-order valence-electron chi connectivity index (χ4n) is 3.47. The van der Waals surface area contributed by atoms with Crippen LogP contribution in [0, 0.1) is 0 Å². The topological polar surface area (TPSA) is 108 Å². The zero-order chi connectivity index (χ0) is 25.5. The summed E-state index contributed by atoms with van der Waals surface area (Å²) in [5, 5.41) is 25.2. The van der Waals surface area contributed by atoms with Crippen molar-refractivity contribution in [3.05, 3.63) is 59.2 Å². The van der Waals surface area contributed by atoms with Crippen molar-refractivity contribution in [3.8, 4) is 5.75 Å². The van der Waals surface area contributed by atoms with Crippen molar-refractivity contribution in [2.75, 3.05) is 11.9 Å². The number of carbonyl (C=O) groups excluding carboxylic acids is 1. The lowest BCUT2D eigenvalue weighted by Gasteiger charge is -2.40. The average molecular weight is 487 g/mol. The molecule has 0 aliphatic rings. The molecule has 34 heavy (non-hydrogen) atoms. The van der Waals surface area contributed by atoms with Gasteiger partial charge in [-0.25, -0.2) is 0 Å². The molecule has 2 aromatic carbocycles. The van der Waals surface area contributed by atoms with Gasteiger partial charge in [0.15, 0.2) is 8.32 Å². The zero-order valence-electron chi connectivity index (χ0n) is 21.0. The first-order valence-corrected chi connectivity index (χ1v) is 14.5. The monoisotopic (exact) mass is 486 g/mol. The van der Waals surface area contributed by atoms with Gasteiger partial charge in [0.25, 0.3) is 0 Å². The Morgan fingerprint density at radius 3 is 2.44 bits per heavy atom. The molecular weight excluding hydrogens is 448 g/mol. The lowest BCUT2D eigenvalue weighted by molar-refractivity contribution is -0.136. The fraction of sp³-hybridized carbons (Fsp3) is 0.462. The highest BCUT2D eigenvalue weighted by Crippen LogP contribution is 2.40. The van der Waals surface area contributed by atoms with Crippen molar-refractivity contribution in [2.45, 2.75) is 70.8 Å². The first-order chi connectivity index (χ1) is 15.8. The molecule has 0 radical (unpaired) electrons. The zero-order valence-corrected chi connectivity index (χ0v) is 22.0. The van der Waals surface area contributed by atoms with Crippen molar-refractivity contribution in [3.63, 3.8) is 0 Å². The average Bonchev–Trinajstić information content (AvgIpc) is 2.72. The number of hydrogen-bond donors (Lipinski definition) is 4. The third-order valence-electron chi connectivity index (χ3n) is 6.39. The van der Waals surface area contributed by atoms with Crippen LogP contribution in [0.25, 0.3) is 0 Å². The number of phenols is 1. The number of hydrogen-bond acceptors (Lipinski definition) is 5. The van der Waals surface area contributed by atoms with Crippen LogP contribution in [-0.2, 0) is 26.9 Å². The normalized spacial score (nSPS) is 13.8. The first kappa shape index (κ1) is 27.6. The summed E-state index contributed by atoms with van der Waals surface area (Å²) in [4.78, 5) is 22.0. The summed E-state index contributed by atoms with van der Waals surface area (Å²) in [6.45, 7) is 13.6. The minimum Gasteiger partial charge on any atom is -0.506 e. The van der Waals surface area contributed by atoms with Gasteiger partial charge in [0.1, 0.15) is 5.75 Å². The second-order valence-electron chi connectivity index (χ2n) is 10.3. The Balaban J connectivity index is 2.19. The Hall–Kier alpha value is -2.68. The molecule has 7 nitrogen and oxygen atoms in total. The van der Waals surface area contributed by atoms with Crippen LogP contribution in [0.3, 0.4) is 0 Å². The lowest BCUT2D eigenvalue weighted by atomic mass is 10.0. The van der Waals surface area contributed by atoms with Gasteiger partial charge in [-0.15, -0.1) is 0 Å². The van der Waals surface area contributed by atoms with E-state index in [4.69, 9.17) is 9.53 Å². The number of rotatable bonds is 12. The van der Waals surface area contributed by atoms with E-state index in [1.54, 1.807) is 12.1 Å². The molecular formula is C26H38N2O5Si. The van der Waals surface area contributed by atoms with E-state index in [1.165, 1.54) is 0 Å². The highest BCUT2D eigenvalue weighted by Gasteiger charge is 2.39. The SMILES string of the molecule is C[C@H](Cc1cccc(CC(=O)O)c1)NC[C@@H](O[Si](C)(C)C(C)(C)C)c1ccc(O)c(NC=O)c1. The molecule has 0 aliphatic carbocycles. The Bertz CT molecular complexity index is 987. The standard InChI is InChI=1S/C26H38N2O5Si/c1-18(12-19-8-7-9-20(13-19)14-25(31)32)27-16-24(33-34(5,6)26(2,3)4)21-10-11-23(30)22(15-21)28-17-29/h7-11,13,15,17-18,24,27,30H,12,14,16H2,1-6H3,(H,28,29)(H,31,32)/t18-,24-/m1/s1. The Morgan fingerprint density at radius 1 is 1.15 bits per heavy atom. The van der Waals surface area contributed by atoms with Crippen molar-refractivity contribution >= 4 is 26.4 Å². The van der Waals surface area contributed by atoms with Crippen molar-refractivity contribution < 1.29 is 24.2 Å².